The molecule has 1 spiro atoms. The van der Waals surface area contributed by atoms with Gasteiger partial charge in [-0.1, -0.05) is 17.7 Å². The van der Waals surface area contributed by atoms with E-state index in [0.29, 0.717) is 22.9 Å². The van der Waals surface area contributed by atoms with E-state index in [1.165, 1.54) is 12.1 Å². The summed E-state index contributed by atoms with van der Waals surface area (Å²) < 4.78 is 31.7. The van der Waals surface area contributed by atoms with E-state index in [4.69, 9.17) is 31.5 Å². The van der Waals surface area contributed by atoms with Crippen molar-refractivity contribution >= 4 is 17.6 Å². The minimum atomic E-state index is -0.782. The van der Waals surface area contributed by atoms with Gasteiger partial charge in [-0.25, -0.2) is 9.38 Å². The zero-order valence-electron chi connectivity index (χ0n) is 14.7. The summed E-state index contributed by atoms with van der Waals surface area (Å²) in [7, 11) is 0. The largest absolute Gasteiger partial charge is 0.484 e. The van der Waals surface area contributed by atoms with Gasteiger partial charge in [0.05, 0.1) is 6.61 Å². The van der Waals surface area contributed by atoms with Crippen LogP contribution >= 0.6 is 11.6 Å². The number of hydrogen-bond acceptors (Lipinski definition) is 5. The van der Waals surface area contributed by atoms with Crippen LogP contribution in [0.5, 0.6) is 5.75 Å². The molecule has 5 nitrogen and oxygen atoms in total. The fourth-order valence-electron chi connectivity index (χ4n) is 4.40. The highest BCUT2D eigenvalue weighted by atomic mass is 35.5. The van der Waals surface area contributed by atoms with Crippen LogP contribution in [0.15, 0.2) is 41.4 Å². The van der Waals surface area contributed by atoms with Gasteiger partial charge >= 0.3 is 0 Å². The van der Waals surface area contributed by atoms with E-state index in [0.717, 1.165) is 17.5 Å². The summed E-state index contributed by atoms with van der Waals surface area (Å²) in [5, 5.41) is 0.340. The zero-order chi connectivity index (χ0) is 18.8. The maximum absolute atomic E-state index is 13.8. The smallest absolute Gasteiger partial charge is 0.283 e. The third-order valence-electron chi connectivity index (χ3n) is 5.61. The zero-order valence-corrected chi connectivity index (χ0v) is 15.4. The third kappa shape index (κ3) is 2.43. The lowest BCUT2D eigenvalue weighted by Crippen LogP contribution is -2.57. The first-order chi connectivity index (χ1) is 12.9. The molecule has 3 aliphatic rings. The van der Waals surface area contributed by atoms with Gasteiger partial charge in [0.25, 0.3) is 6.02 Å². The highest BCUT2D eigenvalue weighted by Crippen LogP contribution is 2.53. The topological polar surface area (TPSA) is 66.1 Å². The summed E-state index contributed by atoms with van der Waals surface area (Å²) in [4.78, 5) is 4.65. The summed E-state index contributed by atoms with van der Waals surface area (Å²) in [5.41, 5.74) is 6.89. The number of halogens is 2. The molecular formula is C20H18ClFN2O3. The fourth-order valence-corrected chi connectivity index (χ4v) is 4.62. The molecule has 27 heavy (non-hydrogen) atoms. The Balaban J connectivity index is 1.70. The minimum Gasteiger partial charge on any atom is -0.484 e. The molecule has 2 aromatic rings. The number of rotatable bonds is 1. The van der Waals surface area contributed by atoms with Gasteiger partial charge < -0.3 is 19.9 Å². The molecule has 1 fully saturated rings. The predicted octanol–water partition coefficient (Wildman–Crippen LogP) is 3.63. The molecule has 0 bridgehead atoms. The summed E-state index contributed by atoms with van der Waals surface area (Å²) in [6, 6.07) is 10.3. The van der Waals surface area contributed by atoms with Gasteiger partial charge in [0, 0.05) is 17.0 Å². The quantitative estimate of drug-likeness (QED) is 0.810. The van der Waals surface area contributed by atoms with E-state index in [1.54, 1.807) is 6.07 Å². The molecule has 3 unspecified atom stereocenters. The minimum absolute atomic E-state index is 0.139. The van der Waals surface area contributed by atoms with Crippen molar-refractivity contribution in [3.8, 4) is 16.9 Å². The number of aliphatic imine (C=N–C) groups is 1. The molecule has 5 rings (SSSR count). The van der Waals surface area contributed by atoms with Crippen LogP contribution < -0.4 is 10.5 Å². The highest BCUT2D eigenvalue weighted by Gasteiger charge is 2.62. The van der Waals surface area contributed by atoms with Crippen molar-refractivity contribution in [1.29, 1.82) is 0 Å². The van der Waals surface area contributed by atoms with E-state index < -0.39 is 11.1 Å². The van der Waals surface area contributed by atoms with E-state index in [2.05, 4.69) is 4.99 Å². The Morgan fingerprint density at radius 2 is 2.07 bits per heavy atom. The second kappa shape index (κ2) is 5.59. The van der Waals surface area contributed by atoms with Crippen molar-refractivity contribution in [2.24, 2.45) is 10.7 Å². The number of nitrogens with two attached hydrogens (primary N) is 1. The first-order valence-electron chi connectivity index (χ1n) is 8.79. The Bertz CT molecular complexity index is 961. The molecule has 140 valence electrons. The van der Waals surface area contributed by atoms with Crippen molar-refractivity contribution in [3.63, 3.8) is 0 Å². The van der Waals surface area contributed by atoms with Crippen molar-refractivity contribution in [2.45, 2.75) is 30.6 Å². The third-order valence-corrected chi connectivity index (χ3v) is 5.82. The molecule has 0 aromatic heterocycles. The van der Waals surface area contributed by atoms with Crippen LogP contribution in [0.2, 0.25) is 5.02 Å². The molecular weight excluding hydrogens is 371 g/mol. The van der Waals surface area contributed by atoms with Crippen molar-refractivity contribution in [2.75, 3.05) is 13.2 Å². The van der Waals surface area contributed by atoms with Gasteiger partial charge in [0.15, 0.2) is 5.54 Å². The molecule has 0 saturated carbocycles. The molecule has 3 heterocycles. The van der Waals surface area contributed by atoms with Crippen LogP contribution in [0, 0.1) is 5.82 Å². The van der Waals surface area contributed by atoms with Crippen LogP contribution in [0.4, 0.5) is 4.39 Å². The maximum atomic E-state index is 13.8. The Labute approximate surface area is 160 Å². The monoisotopic (exact) mass is 388 g/mol. The van der Waals surface area contributed by atoms with Gasteiger partial charge in [-0.15, -0.1) is 0 Å². The number of amidine groups is 1. The molecule has 2 aromatic carbocycles. The molecule has 7 heteroatoms. The van der Waals surface area contributed by atoms with Crippen LogP contribution in [-0.2, 0) is 15.0 Å². The first-order valence-corrected chi connectivity index (χ1v) is 9.17. The molecule has 0 aliphatic carbocycles. The number of ether oxygens (including phenoxy) is 3. The first kappa shape index (κ1) is 16.8. The van der Waals surface area contributed by atoms with E-state index in [-0.39, 0.29) is 24.5 Å². The van der Waals surface area contributed by atoms with Crippen molar-refractivity contribution in [1.82, 2.24) is 0 Å². The second-order valence-corrected chi connectivity index (χ2v) is 7.88. The average molecular weight is 389 g/mol. The van der Waals surface area contributed by atoms with Crippen LogP contribution in [0.1, 0.15) is 18.9 Å². The van der Waals surface area contributed by atoms with E-state index in [9.17, 15) is 4.39 Å². The van der Waals surface area contributed by atoms with Crippen LogP contribution in [-0.4, -0.2) is 30.9 Å². The Hall–Kier alpha value is -2.31. The van der Waals surface area contributed by atoms with Crippen LogP contribution in [0.3, 0.4) is 0 Å². The summed E-state index contributed by atoms with van der Waals surface area (Å²) in [5.74, 6) is 0.326. The molecule has 3 atom stereocenters. The molecule has 3 aliphatic heterocycles. The van der Waals surface area contributed by atoms with Gasteiger partial charge in [0.1, 0.15) is 29.9 Å². The normalized spacial score (nSPS) is 31.1. The highest BCUT2D eigenvalue weighted by molar-refractivity contribution is 6.30. The second-order valence-electron chi connectivity index (χ2n) is 7.45. The number of fused-ring (bicyclic) bond motifs is 4. The Morgan fingerprint density at radius 3 is 2.81 bits per heavy atom. The lowest BCUT2D eigenvalue weighted by molar-refractivity contribution is -0.0755. The van der Waals surface area contributed by atoms with E-state index in [1.807, 2.05) is 25.1 Å². The lowest BCUT2D eigenvalue weighted by atomic mass is 9.74. The maximum Gasteiger partial charge on any atom is 0.283 e. The summed E-state index contributed by atoms with van der Waals surface area (Å²) in [6.45, 7) is 2.89. The predicted molar refractivity (Wildman–Crippen MR) is 99.5 cm³/mol. The summed E-state index contributed by atoms with van der Waals surface area (Å²) >= 11 is 6.03. The van der Waals surface area contributed by atoms with Gasteiger partial charge in [-0.2, -0.15) is 0 Å². The lowest BCUT2D eigenvalue weighted by Gasteiger charge is -2.45. The molecule has 2 N–H and O–H groups in total. The van der Waals surface area contributed by atoms with Crippen molar-refractivity contribution < 1.29 is 18.6 Å². The number of nitrogens with zero attached hydrogens (tertiary/aromatic N) is 1. The standard InChI is InChI=1S/C20H18ClFN2O3/c1-19-4-5-25-17(19)20(10-26-18(23)24-20)15-8-11(2-3-16(15)27-19)12-6-13(21)9-14(22)7-12/h2-3,6-9,17H,4-5,10H2,1H3,(H2,23,24). The number of benzene rings is 2. The molecule has 1 saturated heterocycles. The van der Waals surface area contributed by atoms with Crippen molar-refractivity contribution in [3.05, 3.63) is 52.8 Å². The van der Waals surface area contributed by atoms with Crippen LogP contribution in [0.25, 0.3) is 11.1 Å². The molecule has 0 radical (unpaired) electrons. The molecule has 0 amide bonds. The number of hydrogen-bond donors (Lipinski definition) is 1. The van der Waals surface area contributed by atoms with Gasteiger partial charge in [0.2, 0.25) is 0 Å². The SMILES string of the molecule is CC12CCOC1C1(COC(N)=N1)c1cc(-c3cc(F)cc(Cl)c3)ccc1O2. The Morgan fingerprint density at radius 1 is 1.22 bits per heavy atom. The Kier molecular flexibility index (Phi) is 3.49. The fraction of sp³-hybridized carbons (Fsp3) is 0.350. The van der Waals surface area contributed by atoms with E-state index >= 15 is 0 Å². The van der Waals surface area contributed by atoms with Gasteiger partial charge in [-0.05, 0) is 48.4 Å². The van der Waals surface area contributed by atoms with Gasteiger partial charge in [-0.3, -0.25) is 0 Å². The summed E-state index contributed by atoms with van der Waals surface area (Å²) in [6.07, 6.45) is 0.445. The average Bonchev–Trinajstić information content (AvgIpc) is 3.18.